The van der Waals surface area contributed by atoms with E-state index in [4.69, 9.17) is 9.47 Å². The lowest BCUT2D eigenvalue weighted by Crippen LogP contribution is -2.60. The van der Waals surface area contributed by atoms with Crippen LogP contribution in [-0.4, -0.2) is 63.8 Å². The quantitative estimate of drug-likeness (QED) is 0.530. The standard InChI is InChI=1S/C23H38O6/c24-11-19-20(25)21(26)22(27)23(29-19)28-14-6-9-16-13(10-14)5-8-17-15-3-1-2-12(15)4-7-18(16)17/h12-27H,1-11H2. The van der Waals surface area contributed by atoms with Crippen LogP contribution in [0.15, 0.2) is 0 Å². The monoisotopic (exact) mass is 410 g/mol. The van der Waals surface area contributed by atoms with Crippen molar-refractivity contribution in [1.29, 1.82) is 0 Å². The van der Waals surface area contributed by atoms with Gasteiger partial charge in [-0.05, 0) is 86.9 Å². The molecule has 6 nitrogen and oxygen atoms in total. The van der Waals surface area contributed by atoms with E-state index in [1.165, 1.54) is 51.4 Å². The van der Waals surface area contributed by atoms with Crippen molar-refractivity contribution in [3.63, 3.8) is 0 Å². The van der Waals surface area contributed by atoms with Crippen LogP contribution >= 0.6 is 0 Å². The van der Waals surface area contributed by atoms with E-state index < -0.39 is 37.3 Å². The summed E-state index contributed by atoms with van der Waals surface area (Å²) in [7, 11) is 0. The third-order valence-electron chi connectivity index (χ3n) is 9.28. The second-order valence-corrected chi connectivity index (χ2v) is 10.5. The smallest absolute Gasteiger partial charge is 0.186 e. The average Bonchev–Trinajstić information content (AvgIpc) is 3.23. The average molecular weight is 411 g/mol. The van der Waals surface area contributed by atoms with Crippen molar-refractivity contribution in [3.8, 4) is 0 Å². The summed E-state index contributed by atoms with van der Waals surface area (Å²) in [4.78, 5) is 0. The first-order chi connectivity index (χ1) is 14.1. The maximum atomic E-state index is 10.3. The van der Waals surface area contributed by atoms with E-state index >= 15 is 0 Å². The third kappa shape index (κ3) is 3.68. The van der Waals surface area contributed by atoms with E-state index in [9.17, 15) is 20.4 Å². The van der Waals surface area contributed by atoms with Crippen LogP contribution in [0.1, 0.15) is 64.2 Å². The Morgan fingerprint density at radius 1 is 0.690 bits per heavy atom. The molecule has 0 aromatic carbocycles. The Labute approximate surface area is 173 Å². The van der Waals surface area contributed by atoms with Gasteiger partial charge < -0.3 is 29.9 Å². The van der Waals surface area contributed by atoms with E-state index in [2.05, 4.69) is 0 Å². The lowest BCUT2D eigenvalue weighted by molar-refractivity contribution is -0.315. The van der Waals surface area contributed by atoms with Crippen molar-refractivity contribution in [2.75, 3.05) is 6.61 Å². The summed E-state index contributed by atoms with van der Waals surface area (Å²) in [6.45, 7) is -0.411. The Hall–Kier alpha value is -0.240. The highest BCUT2D eigenvalue weighted by atomic mass is 16.7. The molecule has 5 aliphatic rings. The fourth-order valence-corrected chi connectivity index (χ4v) is 7.93. The van der Waals surface area contributed by atoms with Crippen molar-refractivity contribution in [2.24, 2.45) is 35.5 Å². The summed E-state index contributed by atoms with van der Waals surface area (Å²) >= 11 is 0. The third-order valence-corrected chi connectivity index (χ3v) is 9.28. The van der Waals surface area contributed by atoms with E-state index in [1.807, 2.05) is 0 Å². The minimum Gasteiger partial charge on any atom is -0.394 e. The van der Waals surface area contributed by atoms with Gasteiger partial charge in [0.05, 0.1) is 12.7 Å². The van der Waals surface area contributed by atoms with Crippen LogP contribution in [0.5, 0.6) is 0 Å². The number of hydrogen-bond acceptors (Lipinski definition) is 6. The predicted octanol–water partition coefficient (Wildman–Crippen LogP) is 1.82. The number of hydrogen-bond donors (Lipinski definition) is 4. The normalized spacial score (nSPS) is 55.0. The Balaban J connectivity index is 1.20. The van der Waals surface area contributed by atoms with Crippen LogP contribution in [0.4, 0.5) is 0 Å². The van der Waals surface area contributed by atoms with Crippen LogP contribution in [-0.2, 0) is 9.47 Å². The van der Waals surface area contributed by atoms with Gasteiger partial charge in [0, 0.05) is 0 Å². The topological polar surface area (TPSA) is 99.4 Å². The lowest BCUT2D eigenvalue weighted by Gasteiger charge is -2.53. The first kappa shape index (κ1) is 20.7. The first-order valence-electron chi connectivity index (χ1n) is 12.0. The first-order valence-corrected chi connectivity index (χ1v) is 12.0. The zero-order valence-corrected chi connectivity index (χ0v) is 17.3. The zero-order chi connectivity index (χ0) is 20.1. The zero-order valence-electron chi connectivity index (χ0n) is 17.3. The van der Waals surface area contributed by atoms with Crippen molar-refractivity contribution in [1.82, 2.24) is 0 Å². The molecule has 5 rings (SSSR count). The number of rotatable bonds is 3. The molecule has 1 aliphatic heterocycles. The molecule has 6 heteroatoms. The van der Waals surface area contributed by atoms with Crippen LogP contribution < -0.4 is 0 Å². The van der Waals surface area contributed by atoms with Gasteiger partial charge in [-0.3, -0.25) is 0 Å². The molecule has 0 aromatic heterocycles. The molecule has 0 aromatic rings. The van der Waals surface area contributed by atoms with E-state index in [0.29, 0.717) is 5.92 Å². The van der Waals surface area contributed by atoms with Gasteiger partial charge in [0.1, 0.15) is 24.4 Å². The summed E-state index contributed by atoms with van der Waals surface area (Å²) in [5, 5.41) is 39.6. The van der Waals surface area contributed by atoms with Crippen LogP contribution in [0.25, 0.3) is 0 Å². The van der Waals surface area contributed by atoms with Gasteiger partial charge in [0.25, 0.3) is 0 Å². The minimum atomic E-state index is -1.36. The Kier molecular flexibility index (Phi) is 5.95. The molecule has 166 valence electrons. The molecule has 4 saturated carbocycles. The molecule has 29 heavy (non-hydrogen) atoms. The Morgan fingerprint density at radius 3 is 2.14 bits per heavy atom. The van der Waals surface area contributed by atoms with E-state index in [0.717, 1.165) is 42.4 Å². The molecule has 0 radical (unpaired) electrons. The molecule has 0 spiro atoms. The van der Waals surface area contributed by atoms with Gasteiger partial charge in [-0.2, -0.15) is 0 Å². The van der Waals surface area contributed by atoms with E-state index in [-0.39, 0.29) is 6.10 Å². The predicted molar refractivity (Wildman–Crippen MR) is 106 cm³/mol. The van der Waals surface area contributed by atoms with E-state index in [1.54, 1.807) is 0 Å². The molecular weight excluding hydrogens is 372 g/mol. The molecule has 1 saturated heterocycles. The maximum absolute atomic E-state index is 10.3. The van der Waals surface area contributed by atoms with Crippen molar-refractivity contribution < 1.29 is 29.9 Å². The minimum absolute atomic E-state index is 0.0112. The number of aliphatic hydroxyl groups is 4. The van der Waals surface area contributed by atoms with Gasteiger partial charge in [-0.15, -0.1) is 0 Å². The van der Waals surface area contributed by atoms with Crippen LogP contribution in [0.2, 0.25) is 0 Å². The molecular formula is C23H38O6. The van der Waals surface area contributed by atoms with Crippen LogP contribution in [0, 0.1) is 35.5 Å². The van der Waals surface area contributed by atoms with Crippen molar-refractivity contribution in [2.45, 2.75) is 101 Å². The number of fused-ring (bicyclic) bond motifs is 5. The van der Waals surface area contributed by atoms with Crippen molar-refractivity contribution >= 4 is 0 Å². The maximum Gasteiger partial charge on any atom is 0.186 e. The molecule has 4 N–H and O–H groups in total. The van der Waals surface area contributed by atoms with Gasteiger partial charge in [-0.25, -0.2) is 0 Å². The van der Waals surface area contributed by atoms with Crippen molar-refractivity contribution in [3.05, 3.63) is 0 Å². The summed E-state index contributed by atoms with van der Waals surface area (Å²) in [5.41, 5.74) is 0. The highest BCUT2D eigenvalue weighted by Crippen LogP contribution is 2.58. The summed E-state index contributed by atoms with van der Waals surface area (Å²) in [5.74, 6) is 5.39. The van der Waals surface area contributed by atoms with Gasteiger partial charge in [0.2, 0.25) is 0 Å². The molecule has 4 aliphatic carbocycles. The lowest BCUT2D eigenvalue weighted by atomic mass is 9.53. The van der Waals surface area contributed by atoms with Crippen LogP contribution in [0.3, 0.4) is 0 Å². The van der Waals surface area contributed by atoms with Gasteiger partial charge in [-0.1, -0.05) is 12.8 Å². The van der Waals surface area contributed by atoms with Gasteiger partial charge in [0.15, 0.2) is 6.29 Å². The fourth-order valence-electron chi connectivity index (χ4n) is 7.93. The summed E-state index contributed by atoms with van der Waals surface area (Å²) in [6.07, 6.45) is 7.21. The fraction of sp³-hybridized carbons (Fsp3) is 1.00. The second kappa shape index (κ2) is 8.36. The van der Waals surface area contributed by atoms with Gasteiger partial charge >= 0.3 is 0 Å². The molecule has 0 bridgehead atoms. The Morgan fingerprint density at radius 2 is 1.38 bits per heavy atom. The number of ether oxygens (including phenoxy) is 2. The molecule has 0 amide bonds. The second-order valence-electron chi connectivity index (χ2n) is 10.5. The summed E-state index contributed by atoms with van der Waals surface area (Å²) in [6, 6.07) is 0. The SMILES string of the molecule is OCC1OC(OC2CCC3C(CCC4C5CCCC5CCC34)C2)C(O)C(O)C1O. The molecule has 12 unspecified atom stereocenters. The summed E-state index contributed by atoms with van der Waals surface area (Å²) < 4.78 is 11.7. The highest BCUT2D eigenvalue weighted by Gasteiger charge is 2.50. The number of aliphatic hydroxyl groups excluding tert-OH is 4. The molecule has 5 fully saturated rings. The molecule has 1 heterocycles. The highest BCUT2D eigenvalue weighted by molar-refractivity contribution is 4.99. The largest absolute Gasteiger partial charge is 0.394 e. The molecule has 12 atom stereocenters. The Bertz CT molecular complexity index is 570.